The van der Waals surface area contributed by atoms with Crippen molar-refractivity contribution in [1.82, 2.24) is 25.7 Å². The van der Waals surface area contributed by atoms with Gasteiger partial charge in [0.1, 0.15) is 0 Å². The van der Waals surface area contributed by atoms with Gasteiger partial charge in [0.2, 0.25) is 11.9 Å². The molecule has 1 aromatic heterocycles. The first-order chi connectivity index (χ1) is 13.2. The number of anilines is 1. The van der Waals surface area contributed by atoms with E-state index in [0.29, 0.717) is 18.4 Å². The molecule has 0 spiro atoms. The van der Waals surface area contributed by atoms with Crippen LogP contribution in [0.2, 0.25) is 0 Å². The molecule has 1 aliphatic heterocycles. The van der Waals surface area contributed by atoms with Crippen LogP contribution in [0.25, 0.3) is 11.0 Å². The zero-order valence-corrected chi connectivity index (χ0v) is 15.3. The van der Waals surface area contributed by atoms with E-state index < -0.39 is 0 Å². The highest BCUT2D eigenvalue weighted by atomic mass is 16.2. The molecule has 7 nitrogen and oxygen atoms in total. The van der Waals surface area contributed by atoms with Crippen molar-refractivity contribution in [1.29, 1.82) is 0 Å². The number of hydrazine groups is 1. The van der Waals surface area contributed by atoms with E-state index >= 15 is 0 Å². The summed E-state index contributed by atoms with van der Waals surface area (Å²) < 4.78 is 0. The average Bonchev–Trinajstić information content (AvgIpc) is 3.28. The van der Waals surface area contributed by atoms with Gasteiger partial charge in [0.25, 0.3) is 0 Å². The number of nitrogens with one attached hydrogen (secondary N) is 4. The van der Waals surface area contributed by atoms with E-state index in [9.17, 15) is 4.79 Å². The van der Waals surface area contributed by atoms with Crippen molar-refractivity contribution in [3.05, 3.63) is 60.2 Å². The van der Waals surface area contributed by atoms with E-state index in [1.807, 2.05) is 42.3 Å². The van der Waals surface area contributed by atoms with E-state index in [-0.39, 0.29) is 11.9 Å². The van der Waals surface area contributed by atoms with Crippen LogP contribution in [0.4, 0.5) is 5.95 Å². The van der Waals surface area contributed by atoms with Gasteiger partial charge in [-0.25, -0.2) is 10.4 Å². The third-order valence-electron chi connectivity index (χ3n) is 4.86. The quantitative estimate of drug-likeness (QED) is 0.537. The molecule has 1 saturated heterocycles. The number of aromatic amines is 1. The lowest BCUT2D eigenvalue weighted by Gasteiger charge is -2.24. The number of aromatic nitrogens is 2. The molecule has 4 N–H and O–H groups in total. The summed E-state index contributed by atoms with van der Waals surface area (Å²) in [5.74, 6) is 0.795. The van der Waals surface area contributed by atoms with Crippen molar-refractivity contribution in [3.8, 4) is 0 Å². The van der Waals surface area contributed by atoms with Gasteiger partial charge in [-0.3, -0.25) is 20.4 Å². The Morgan fingerprint density at radius 1 is 1.19 bits per heavy atom. The van der Waals surface area contributed by atoms with Crippen LogP contribution in [-0.4, -0.2) is 47.5 Å². The molecule has 27 heavy (non-hydrogen) atoms. The van der Waals surface area contributed by atoms with Crippen LogP contribution in [0.3, 0.4) is 0 Å². The first kappa shape index (κ1) is 17.7. The summed E-state index contributed by atoms with van der Waals surface area (Å²) in [5.41, 5.74) is 9.60. The molecule has 0 aliphatic carbocycles. The Morgan fingerprint density at radius 3 is 2.78 bits per heavy atom. The lowest BCUT2D eigenvalue weighted by atomic mass is 9.94. The van der Waals surface area contributed by atoms with E-state index in [1.54, 1.807) is 0 Å². The van der Waals surface area contributed by atoms with Crippen LogP contribution in [0.5, 0.6) is 0 Å². The van der Waals surface area contributed by atoms with Gasteiger partial charge < -0.3 is 4.98 Å². The number of likely N-dealkylation sites (N-methyl/N-ethyl adjacent to an activating group) is 1. The predicted molar refractivity (Wildman–Crippen MR) is 106 cm³/mol. The molecule has 2 heterocycles. The molecule has 2 unspecified atom stereocenters. The number of imidazole rings is 1. The number of nitrogens with zero attached hydrogens (tertiary/aromatic N) is 2. The lowest BCUT2D eigenvalue weighted by molar-refractivity contribution is -0.117. The van der Waals surface area contributed by atoms with Crippen LogP contribution in [0, 0.1) is 5.92 Å². The predicted octanol–water partition coefficient (Wildman–Crippen LogP) is 1.90. The molecular weight excluding hydrogens is 340 g/mol. The molecule has 0 bridgehead atoms. The number of benzene rings is 2. The molecule has 0 saturated carbocycles. The molecule has 140 valence electrons. The summed E-state index contributed by atoms with van der Waals surface area (Å²) in [6, 6.07) is 18.3. The topological polar surface area (TPSA) is 85.1 Å². The number of hydrogen-bond acceptors (Lipinski definition) is 5. The van der Waals surface area contributed by atoms with Crippen molar-refractivity contribution in [2.75, 3.05) is 32.0 Å². The van der Waals surface area contributed by atoms with Gasteiger partial charge in [0.05, 0.1) is 23.6 Å². The summed E-state index contributed by atoms with van der Waals surface area (Å²) in [5, 5.41) is 2.85. The van der Waals surface area contributed by atoms with Gasteiger partial charge >= 0.3 is 0 Å². The van der Waals surface area contributed by atoms with Crippen molar-refractivity contribution in [2.45, 2.75) is 6.04 Å². The number of carbonyl (C=O) groups excluding carboxylic acids is 1. The Morgan fingerprint density at radius 2 is 1.96 bits per heavy atom. The monoisotopic (exact) mass is 364 g/mol. The van der Waals surface area contributed by atoms with Crippen LogP contribution in [-0.2, 0) is 4.79 Å². The van der Waals surface area contributed by atoms with Crippen molar-refractivity contribution in [3.63, 3.8) is 0 Å². The number of amides is 1. The zero-order valence-electron chi connectivity index (χ0n) is 15.3. The van der Waals surface area contributed by atoms with Gasteiger partial charge in [-0.2, -0.15) is 0 Å². The Kier molecular flexibility index (Phi) is 5.15. The van der Waals surface area contributed by atoms with Crippen LogP contribution in [0.1, 0.15) is 11.6 Å². The van der Waals surface area contributed by atoms with E-state index in [4.69, 9.17) is 0 Å². The number of H-pyrrole nitrogens is 1. The zero-order chi connectivity index (χ0) is 18.6. The van der Waals surface area contributed by atoms with Gasteiger partial charge in [0.15, 0.2) is 0 Å². The third kappa shape index (κ3) is 4.16. The fourth-order valence-corrected chi connectivity index (χ4v) is 3.62. The number of para-hydroxylation sites is 2. The second-order valence-corrected chi connectivity index (χ2v) is 7.02. The normalized spacial score (nSPS) is 19.6. The maximum absolute atomic E-state index is 12.4. The number of rotatable bonds is 6. The van der Waals surface area contributed by atoms with E-state index in [1.165, 1.54) is 5.56 Å². The van der Waals surface area contributed by atoms with Gasteiger partial charge in [-0.15, -0.1) is 0 Å². The highest BCUT2D eigenvalue weighted by Gasteiger charge is 2.29. The minimum Gasteiger partial charge on any atom is -0.324 e. The molecule has 0 radical (unpaired) electrons. The summed E-state index contributed by atoms with van der Waals surface area (Å²) in [6.07, 6.45) is 0. The first-order valence-electron chi connectivity index (χ1n) is 9.15. The van der Waals surface area contributed by atoms with Gasteiger partial charge in [-0.1, -0.05) is 42.5 Å². The SMILES string of the molecule is CN(CC(=O)Nc1nc2ccccc2[nH]1)CC1CNNC1c1ccccc1. The second-order valence-electron chi connectivity index (χ2n) is 7.02. The van der Waals surface area contributed by atoms with Crippen LogP contribution in [0.15, 0.2) is 54.6 Å². The largest absolute Gasteiger partial charge is 0.324 e. The van der Waals surface area contributed by atoms with Crippen molar-refractivity contribution < 1.29 is 4.79 Å². The standard InChI is InChI=1S/C20H24N6O/c1-26(12-15-11-21-25-19(15)14-7-3-2-4-8-14)13-18(27)24-20-22-16-9-5-6-10-17(16)23-20/h2-10,15,19,21,25H,11-13H2,1H3,(H2,22,23,24,27). The minimum atomic E-state index is -0.0771. The Hall–Kier alpha value is -2.74. The van der Waals surface area contributed by atoms with E-state index in [0.717, 1.165) is 24.1 Å². The van der Waals surface area contributed by atoms with Crippen LogP contribution < -0.4 is 16.2 Å². The molecule has 4 rings (SSSR count). The third-order valence-corrected chi connectivity index (χ3v) is 4.86. The number of hydrogen-bond donors (Lipinski definition) is 4. The molecule has 1 fully saturated rings. The summed E-state index contributed by atoms with van der Waals surface area (Å²) in [6.45, 7) is 2.00. The minimum absolute atomic E-state index is 0.0771. The molecule has 2 atom stereocenters. The molecule has 1 aliphatic rings. The molecule has 1 amide bonds. The molecule has 2 aromatic carbocycles. The Balaban J connectivity index is 1.33. The summed E-state index contributed by atoms with van der Waals surface area (Å²) in [7, 11) is 1.97. The second kappa shape index (κ2) is 7.87. The Bertz CT molecular complexity index is 876. The highest BCUT2D eigenvalue weighted by molar-refractivity contribution is 5.92. The molecule has 3 aromatic rings. The molecular formula is C20H24N6O. The maximum Gasteiger partial charge on any atom is 0.240 e. The van der Waals surface area contributed by atoms with Crippen molar-refractivity contribution in [2.24, 2.45) is 5.92 Å². The van der Waals surface area contributed by atoms with Crippen molar-refractivity contribution >= 4 is 22.9 Å². The Labute approximate surface area is 158 Å². The summed E-state index contributed by atoms with van der Waals surface area (Å²) >= 11 is 0. The first-order valence-corrected chi connectivity index (χ1v) is 9.15. The lowest BCUT2D eigenvalue weighted by Crippen LogP contribution is -2.36. The number of carbonyl (C=O) groups is 1. The smallest absolute Gasteiger partial charge is 0.240 e. The maximum atomic E-state index is 12.4. The fourth-order valence-electron chi connectivity index (χ4n) is 3.62. The highest BCUT2D eigenvalue weighted by Crippen LogP contribution is 2.25. The fraction of sp³-hybridized carbons (Fsp3) is 0.300. The summed E-state index contributed by atoms with van der Waals surface area (Å²) in [4.78, 5) is 21.9. The average molecular weight is 364 g/mol. The number of fused-ring (bicyclic) bond motifs is 1. The van der Waals surface area contributed by atoms with Gasteiger partial charge in [0, 0.05) is 19.0 Å². The van der Waals surface area contributed by atoms with Gasteiger partial charge in [-0.05, 0) is 24.7 Å². The molecule has 7 heteroatoms. The van der Waals surface area contributed by atoms with E-state index in [2.05, 4.69) is 50.4 Å². The van der Waals surface area contributed by atoms with Crippen LogP contribution >= 0.6 is 0 Å².